The monoisotopic (exact) mass is 431 g/mol. The van der Waals surface area contributed by atoms with Crippen LogP contribution in [0.1, 0.15) is 35.2 Å². The molecule has 0 atom stereocenters. The summed E-state index contributed by atoms with van der Waals surface area (Å²) < 4.78 is 7.55. The Balaban J connectivity index is 1.39. The van der Waals surface area contributed by atoms with E-state index < -0.39 is 0 Å². The fourth-order valence-corrected chi connectivity index (χ4v) is 4.07. The van der Waals surface area contributed by atoms with Gasteiger partial charge in [0.25, 0.3) is 5.91 Å². The van der Waals surface area contributed by atoms with Crippen molar-refractivity contribution < 1.29 is 9.53 Å². The molecule has 0 aliphatic carbocycles. The quantitative estimate of drug-likeness (QED) is 0.447. The number of benzene rings is 1. The van der Waals surface area contributed by atoms with Crippen molar-refractivity contribution in [3.8, 4) is 17.0 Å². The van der Waals surface area contributed by atoms with Crippen LogP contribution in [0.3, 0.4) is 0 Å². The predicted molar refractivity (Wildman–Crippen MR) is 122 cm³/mol. The fraction of sp³-hybridized carbons (Fsp3) is 0.304. The smallest absolute Gasteiger partial charge is 0.291 e. The van der Waals surface area contributed by atoms with Gasteiger partial charge >= 0.3 is 0 Å². The molecule has 5 rings (SSSR count). The molecule has 1 fully saturated rings. The number of imidazole rings is 1. The number of aromatic amines is 1. The molecule has 164 valence electrons. The molecule has 4 aromatic rings. The highest BCUT2D eigenvalue weighted by Gasteiger charge is 2.19. The number of carbonyl (C=O) groups is 1. The second-order valence-electron chi connectivity index (χ2n) is 7.98. The largest absolute Gasteiger partial charge is 0.494 e. The van der Waals surface area contributed by atoms with Crippen molar-refractivity contribution in [3.63, 3.8) is 0 Å². The summed E-state index contributed by atoms with van der Waals surface area (Å²) in [7, 11) is 1.58. The van der Waals surface area contributed by atoms with E-state index in [1.165, 1.54) is 0 Å². The van der Waals surface area contributed by atoms with E-state index in [-0.39, 0.29) is 11.7 Å². The van der Waals surface area contributed by atoms with Crippen molar-refractivity contribution in [2.45, 2.75) is 25.8 Å². The third-order valence-electron chi connectivity index (χ3n) is 5.76. The molecular weight excluding hydrogens is 406 g/mol. The highest BCUT2D eigenvalue weighted by molar-refractivity contribution is 6.04. The van der Waals surface area contributed by atoms with Crippen LogP contribution in [0.5, 0.6) is 5.75 Å². The number of nitrogens with one attached hydrogen (secondary N) is 3. The first kappa shape index (κ1) is 20.2. The highest BCUT2D eigenvalue weighted by atomic mass is 16.5. The van der Waals surface area contributed by atoms with Gasteiger partial charge in [0.1, 0.15) is 5.75 Å². The van der Waals surface area contributed by atoms with Crippen molar-refractivity contribution in [3.05, 3.63) is 54.4 Å². The number of rotatable bonds is 5. The maximum Gasteiger partial charge on any atom is 0.291 e. The zero-order valence-corrected chi connectivity index (χ0v) is 18.1. The van der Waals surface area contributed by atoms with E-state index in [1.54, 1.807) is 19.5 Å². The van der Waals surface area contributed by atoms with Crippen molar-refractivity contribution in [2.75, 3.05) is 25.5 Å². The van der Waals surface area contributed by atoms with Crippen LogP contribution >= 0.6 is 0 Å². The molecule has 9 heteroatoms. The molecule has 32 heavy (non-hydrogen) atoms. The van der Waals surface area contributed by atoms with Crippen LogP contribution in [0.15, 0.2) is 42.9 Å². The molecule has 1 aliphatic rings. The van der Waals surface area contributed by atoms with E-state index in [0.717, 1.165) is 48.1 Å². The van der Waals surface area contributed by atoms with Crippen molar-refractivity contribution in [1.82, 2.24) is 30.0 Å². The zero-order valence-electron chi connectivity index (χ0n) is 18.1. The maximum absolute atomic E-state index is 12.9. The van der Waals surface area contributed by atoms with Crippen molar-refractivity contribution in [1.29, 1.82) is 0 Å². The van der Waals surface area contributed by atoms with Crippen LogP contribution in [0.2, 0.25) is 0 Å². The van der Waals surface area contributed by atoms with Gasteiger partial charge in [-0.25, -0.2) is 4.98 Å². The lowest BCUT2D eigenvalue weighted by Crippen LogP contribution is -2.29. The molecule has 9 nitrogen and oxygen atoms in total. The number of fused-ring (bicyclic) bond motifs is 1. The number of piperidine rings is 1. The lowest BCUT2D eigenvalue weighted by atomic mass is 10.1. The standard InChI is InChI=1S/C23H25N7O2/c1-14-9-15(3-8-25-14)20-12-26-22(27-20)23(31)28-19-10-16-13-30(17-4-6-24-7-5-17)29-18(16)11-21(19)32-2/h3,8-13,17,24H,4-7H2,1-2H3,(H,26,27)(H,28,31). The number of hydrogen-bond acceptors (Lipinski definition) is 6. The molecule has 0 radical (unpaired) electrons. The first-order valence-electron chi connectivity index (χ1n) is 10.7. The van der Waals surface area contributed by atoms with E-state index >= 15 is 0 Å². The molecule has 4 heterocycles. The molecule has 0 spiro atoms. The molecule has 0 bridgehead atoms. The molecule has 1 amide bonds. The number of H-pyrrole nitrogens is 1. The van der Waals surface area contributed by atoms with Crippen LogP contribution in [0.25, 0.3) is 22.2 Å². The lowest BCUT2D eigenvalue weighted by Gasteiger charge is -2.22. The minimum atomic E-state index is -0.342. The van der Waals surface area contributed by atoms with Crippen LogP contribution in [-0.2, 0) is 0 Å². The predicted octanol–water partition coefficient (Wildman–Crippen LogP) is 3.32. The number of amides is 1. The molecule has 3 N–H and O–H groups in total. The Morgan fingerprint density at radius 1 is 1.25 bits per heavy atom. The van der Waals surface area contributed by atoms with Gasteiger partial charge in [0.05, 0.1) is 30.0 Å². The maximum atomic E-state index is 12.9. The molecular formula is C23H25N7O2. The third-order valence-corrected chi connectivity index (χ3v) is 5.76. The first-order valence-corrected chi connectivity index (χ1v) is 10.7. The lowest BCUT2D eigenvalue weighted by molar-refractivity contribution is 0.101. The number of hydrogen-bond donors (Lipinski definition) is 3. The van der Waals surface area contributed by atoms with Gasteiger partial charge in [-0.05, 0) is 51.1 Å². The van der Waals surface area contributed by atoms with Gasteiger partial charge in [0, 0.05) is 41.3 Å². The molecule has 3 aromatic heterocycles. The van der Waals surface area contributed by atoms with Gasteiger partial charge in [-0.1, -0.05) is 0 Å². The molecule has 0 unspecified atom stereocenters. The summed E-state index contributed by atoms with van der Waals surface area (Å²) in [6.45, 7) is 3.91. The Morgan fingerprint density at radius 2 is 2.09 bits per heavy atom. The number of nitrogens with zero attached hydrogens (tertiary/aromatic N) is 4. The van der Waals surface area contributed by atoms with E-state index in [9.17, 15) is 4.79 Å². The zero-order chi connectivity index (χ0) is 22.1. The Labute approximate surface area is 185 Å². The number of aryl methyl sites for hydroxylation is 1. The van der Waals surface area contributed by atoms with E-state index in [0.29, 0.717) is 23.2 Å². The van der Waals surface area contributed by atoms with Gasteiger partial charge in [-0.3, -0.25) is 14.5 Å². The minimum absolute atomic E-state index is 0.224. The summed E-state index contributed by atoms with van der Waals surface area (Å²) in [5.74, 6) is 0.436. The minimum Gasteiger partial charge on any atom is -0.494 e. The number of pyridine rings is 1. The first-order chi connectivity index (χ1) is 15.6. The summed E-state index contributed by atoms with van der Waals surface area (Å²) in [6, 6.07) is 7.92. The molecule has 1 saturated heterocycles. The van der Waals surface area contributed by atoms with E-state index in [4.69, 9.17) is 9.84 Å². The number of aromatic nitrogens is 5. The Hall–Kier alpha value is -3.72. The fourth-order valence-electron chi connectivity index (χ4n) is 4.07. The van der Waals surface area contributed by atoms with Crippen LogP contribution in [0.4, 0.5) is 5.69 Å². The summed E-state index contributed by atoms with van der Waals surface area (Å²) in [5.41, 5.74) is 3.89. The number of methoxy groups -OCH3 is 1. The highest BCUT2D eigenvalue weighted by Crippen LogP contribution is 2.31. The molecule has 1 aliphatic heterocycles. The Bertz CT molecular complexity index is 1270. The summed E-state index contributed by atoms with van der Waals surface area (Å²) in [4.78, 5) is 24.5. The van der Waals surface area contributed by atoms with Crippen LogP contribution in [-0.4, -0.2) is 50.8 Å². The van der Waals surface area contributed by atoms with Crippen LogP contribution < -0.4 is 15.4 Å². The molecule has 0 saturated carbocycles. The van der Waals surface area contributed by atoms with Gasteiger partial charge in [-0.15, -0.1) is 0 Å². The van der Waals surface area contributed by atoms with Gasteiger partial charge < -0.3 is 20.4 Å². The van der Waals surface area contributed by atoms with Crippen molar-refractivity contribution in [2.24, 2.45) is 0 Å². The number of anilines is 1. The molecule has 1 aromatic carbocycles. The summed E-state index contributed by atoms with van der Waals surface area (Å²) in [5, 5.41) is 12.0. The van der Waals surface area contributed by atoms with Gasteiger partial charge in [0.15, 0.2) is 5.82 Å². The second kappa shape index (κ2) is 8.43. The summed E-state index contributed by atoms with van der Waals surface area (Å²) in [6.07, 6.45) is 7.58. The average Bonchev–Trinajstić information content (AvgIpc) is 3.46. The number of carbonyl (C=O) groups excluding carboxylic acids is 1. The Morgan fingerprint density at radius 3 is 2.88 bits per heavy atom. The third kappa shape index (κ3) is 3.94. The number of ether oxygens (including phenoxy) is 1. The second-order valence-corrected chi connectivity index (χ2v) is 7.98. The normalized spacial score (nSPS) is 14.6. The Kier molecular flexibility index (Phi) is 5.32. The van der Waals surface area contributed by atoms with Gasteiger partial charge in [-0.2, -0.15) is 5.10 Å². The van der Waals surface area contributed by atoms with E-state index in [2.05, 4.69) is 25.6 Å². The average molecular weight is 432 g/mol. The van der Waals surface area contributed by atoms with E-state index in [1.807, 2.05) is 42.1 Å². The van der Waals surface area contributed by atoms with Crippen molar-refractivity contribution >= 4 is 22.5 Å². The SMILES string of the molecule is COc1cc2nn(C3CCNCC3)cc2cc1NC(=O)c1nc(-c2ccnc(C)c2)c[nH]1. The topological polar surface area (TPSA) is 110 Å². The van der Waals surface area contributed by atoms with Gasteiger partial charge in [0.2, 0.25) is 0 Å². The van der Waals surface area contributed by atoms with Crippen LogP contribution in [0, 0.1) is 6.92 Å². The summed E-state index contributed by atoms with van der Waals surface area (Å²) >= 11 is 0.